The SMILES string of the molecule is CCCCCCCCCCCc1c(C=O)sc2c1sc1c3c4nsnc4c4c5sc6c(CCCCCCCCCCC)c(OC)sc6c5n(CC(CCCCCC)CCCCCCCC)c4c3n(CC(CCCCCC)CCCCCCCC)c21. The van der Waals surface area contributed by atoms with E-state index in [1.807, 2.05) is 29.8 Å². The Bertz CT molecular complexity index is 3170. The van der Waals surface area contributed by atoms with Gasteiger partial charge in [-0.15, -0.1) is 34.0 Å². The van der Waals surface area contributed by atoms with Crippen molar-refractivity contribution in [1.82, 2.24) is 17.9 Å². The minimum atomic E-state index is 0.573. The fourth-order valence-electron chi connectivity index (χ4n) is 14.5. The van der Waals surface area contributed by atoms with E-state index in [4.69, 9.17) is 13.5 Å². The molecule has 7 heterocycles. The Kier molecular flexibility index (Phi) is 30.2. The van der Waals surface area contributed by atoms with Gasteiger partial charge in [0, 0.05) is 29.4 Å². The predicted molar refractivity (Wildman–Crippen MR) is 384 cm³/mol. The molecule has 8 rings (SSSR count). The van der Waals surface area contributed by atoms with Gasteiger partial charge in [-0.25, -0.2) is 0 Å². The topological polar surface area (TPSA) is 61.9 Å². The molecule has 7 aromatic heterocycles. The minimum Gasteiger partial charge on any atom is -0.487 e. The van der Waals surface area contributed by atoms with Crippen LogP contribution in [0.15, 0.2) is 0 Å². The molecule has 0 bridgehead atoms. The zero-order chi connectivity index (χ0) is 59.6. The number of carbonyl (C=O) groups excluding carboxylic acids is 1. The molecule has 0 aliphatic carbocycles. The van der Waals surface area contributed by atoms with Crippen LogP contribution in [0.1, 0.15) is 332 Å². The summed E-state index contributed by atoms with van der Waals surface area (Å²) in [6.07, 6.45) is 58.7. The van der Waals surface area contributed by atoms with Crippen LogP contribution >= 0.6 is 57.1 Å². The standard InChI is InChI=1S/C74H116N4O2S5/c1-8-14-20-26-30-32-34-38-44-50-57-59(54-79)81-72-66-70(82-68(57)72)60-62-63(76-85-75-62)61-65(64(60)77(66)52-55(46-40-24-18-12-5)48-42-36-28-22-16-10-3)78(53-56(47-41-25-19-13-6)49-43-37-29-23-17-11-4)67-71(61)83-69-58(74(80-7)84-73(67)69)51-45-39-35-33-31-27-21-15-9-2/h54-56H,8-53H2,1-7H3. The summed E-state index contributed by atoms with van der Waals surface area (Å²) < 4.78 is 31.6. The Hall–Kier alpha value is -2.57. The first-order valence-corrected chi connectivity index (χ1v) is 40.0. The second-order valence-corrected chi connectivity index (χ2v) is 30.9. The van der Waals surface area contributed by atoms with Crippen LogP contribution in [0.25, 0.3) is 72.1 Å². The van der Waals surface area contributed by atoms with Crippen LogP contribution in [-0.2, 0) is 25.9 Å². The molecule has 85 heavy (non-hydrogen) atoms. The number of aryl methyl sites for hydroxylation is 2. The summed E-state index contributed by atoms with van der Waals surface area (Å²) in [7, 11) is 1.93. The summed E-state index contributed by atoms with van der Waals surface area (Å²) in [4.78, 5) is 14.3. The first-order chi connectivity index (χ1) is 42.0. The molecule has 0 N–H and O–H groups in total. The highest BCUT2D eigenvalue weighted by molar-refractivity contribution is 7.35. The summed E-state index contributed by atoms with van der Waals surface area (Å²) in [6.45, 7) is 16.1. The van der Waals surface area contributed by atoms with E-state index in [0.717, 1.165) is 53.3 Å². The van der Waals surface area contributed by atoms with Crippen LogP contribution in [0.4, 0.5) is 0 Å². The largest absolute Gasteiger partial charge is 0.487 e. The van der Waals surface area contributed by atoms with Crippen molar-refractivity contribution in [3.05, 3.63) is 16.0 Å². The Morgan fingerprint density at radius 3 is 1.08 bits per heavy atom. The number of benzene rings is 1. The maximum Gasteiger partial charge on any atom is 0.178 e. The van der Waals surface area contributed by atoms with Gasteiger partial charge < -0.3 is 13.9 Å². The normalized spacial score (nSPS) is 13.1. The molecule has 0 aliphatic heterocycles. The van der Waals surface area contributed by atoms with E-state index >= 15 is 0 Å². The van der Waals surface area contributed by atoms with Gasteiger partial charge in [0.1, 0.15) is 11.0 Å². The number of methoxy groups -OCH3 is 1. The lowest BCUT2D eigenvalue weighted by Gasteiger charge is -2.22. The number of hydrogen-bond donors (Lipinski definition) is 0. The fraction of sp³-hybridized carbons (Fsp3) is 0.743. The van der Waals surface area contributed by atoms with E-state index in [2.05, 4.69) is 62.0 Å². The number of hydrogen-bond acceptors (Lipinski definition) is 9. The number of ether oxygens (including phenoxy) is 1. The molecule has 0 saturated carbocycles. The number of fused-ring (bicyclic) bond motifs is 14. The third kappa shape index (κ3) is 17.9. The number of aromatic nitrogens is 4. The summed E-state index contributed by atoms with van der Waals surface area (Å²) >= 11 is 9.22. The lowest BCUT2D eigenvalue weighted by Crippen LogP contribution is -2.14. The summed E-state index contributed by atoms with van der Waals surface area (Å²) in [6, 6.07) is 0. The molecular formula is C74H116N4O2S5. The molecule has 0 spiro atoms. The summed E-state index contributed by atoms with van der Waals surface area (Å²) in [5.74, 6) is 1.16. The molecule has 474 valence electrons. The van der Waals surface area contributed by atoms with E-state index in [-0.39, 0.29) is 0 Å². The quantitative estimate of drug-likeness (QED) is 0.0282. The van der Waals surface area contributed by atoms with E-state index in [1.54, 1.807) is 11.3 Å². The molecule has 6 nitrogen and oxygen atoms in total. The molecule has 2 atom stereocenters. The van der Waals surface area contributed by atoms with Crippen LogP contribution in [0.3, 0.4) is 0 Å². The Morgan fingerprint density at radius 1 is 0.376 bits per heavy atom. The number of thiophene rings is 4. The van der Waals surface area contributed by atoms with Gasteiger partial charge in [-0.2, -0.15) is 8.75 Å². The van der Waals surface area contributed by atoms with Gasteiger partial charge in [-0.1, -0.05) is 284 Å². The van der Waals surface area contributed by atoms with Gasteiger partial charge in [-0.05, 0) is 68.8 Å². The average Bonchev–Trinajstić information content (AvgIpc) is 1.53. The van der Waals surface area contributed by atoms with Gasteiger partial charge in [-0.3, -0.25) is 4.79 Å². The molecule has 2 unspecified atom stereocenters. The van der Waals surface area contributed by atoms with Crippen LogP contribution in [-0.4, -0.2) is 31.3 Å². The second-order valence-electron chi connectivity index (χ2n) is 26.3. The first-order valence-electron chi connectivity index (χ1n) is 36.0. The van der Waals surface area contributed by atoms with Crippen molar-refractivity contribution in [2.75, 3.05) is 7.11 Å². The summed E-state index contributed by atoms with van der Waals surface area (Å²) in [5, 5.41) is 3.81. The van der Waals surface area contributed by atoms with Crippen molar-refractivity contribution in [1.29, 1.82) is 0 Å². The van der Waals surface area contributed by atoms with Crippen LogP contribution in [0, 0.1) is 11.8 Å². The van der Waals surface area contributed by atoms with Gasteiger partial charge in [0.2, 0.25) is 0 Å². The highest BCUT2D eigenvalue weighted by atomic mass is 32.1. The van der Waals surface area contributed by atoms with Crippen LogP contribution < -0.4 is 4.74 Å². The molecule has 0 aliphatic rings. The van der Waals surface area contributed by atoms with E-state index in [9.17, 15) is 4.79 Å². The average molecular weight is 1250 g/mol. The number of carbonyl (C=O) groups is 1. The highest BCUT2D eigenvalue weighted by Crippen LogP contribution is 2.56. The van der Waals surface area contributed by atoms with E-state index in [1.165, 1.54) is 353 Å². The van der Waals surface area contributed by atoms with Crippen molar-refractivity contribution < 1.29 is 9.53 Å². The lowest BCUT2D eigenvalue weighted by molar-refractivity contribution is 0.112. The van der Waals surface area contributed by atoms with Crippen molar-refractivity contribution in [2.24, 2.45) is 11.8 Å². The van der Waals surface area contributed by atoms with E-state index < -0.39 is 0 Å². The van der Waals surface area contributed by atoms with Crippen LogP contribution in [0.2, 0.25) is 0 Å². The third-order valence-corrected chi connectivity index (χ3v) is 25.1. The number of aldehydes is 1. The highest BCUT2D eigenvalue weighted by Gasteiger charge is 2.33. The first kappa shape index (κ1) is 68.3. The smallest absolute Gasteiger partial charge is 0.178 e. The Balaban J connectivity index is 1.32. The third-order valence-electron chi connectivity index (χ3n) is 19.5. The Morgan fingerprint density at radius 2 is 0.706 bits per heavy atom. The van der Waals surface area contributed by atoms with Gasteiger partial charge in [0.25, 0.3) is 0 Å². The Labute approximate surface area is 536 Å². The molecule has 8 aromatic rings. The second kappa shape index (κ2) is 37.6. The minimum absolute atomic E-state index is 0.573. The van der Waals surface area contributed by atoms with Crippen molar-refractivity contribution >= 4 is 135 Å². The number of nitrogens with zero attached hydrogens (tertiary/aromatic N) is 4. The maximum absolute atomic E-state index is 13.4. The molecule has 0 fully saturated rings. The van der Waals surface area contributed by atoms with E-state index in [0.29, 0.717) is 11.8 Å². The maximum atomic E-state index is 13.4. The van der Waals surface area contributed by atoms with Crippen LogP contribution in [0.5, 0.6) is 5.06 Å². The van der Waals surface area contributed by atoms with Crippen molar-refractivity contribution in [3.63, 3.8) is 0 Å². The lowest BCUT2D eigenvalue weighted by atomic mass is 9.93. The summed E-state index contributed by atoms with van der Waals surface area (Å²) in [5.41, 5.74) is 10.6. The predicted octanol–water partition coefficient (Wildman–Crippen LogP) is 27.1. The number of rotatable bonds is 50. The zero-order valence-corrected chi connectivity index (χ0v) is 59.0. The molecule has 0 radical (unpaired) electrons. The van der Waals surface area contributed by atoms with Gasteiger partial charge in [0.15, 0.2) is 11.3 Å². The molecular weight excluding hydrogens is 1140 g/mol. The van der Waals surface area contributed by atoms with Crippen molar-refractivity contribution in [3.8, 4) is 5.06 Å². The zero-order valence-electron chi connectivity index (χ0n) is 54.9. The van der Waals surface area contributed by atoms with Gasteiger partial charge >= 0.3 is 0 Å². The van der Waals surface area contributed by atoms with Crippen molar-refractivity contribution in [2.45, 2.75) is 337 Å². The monoisotopic (exact) mass is 1250 g/mol. The van der Waals surface area contributed by atoms with Gasteiger partial charge in [0.05, 0.1) is 74.0 Å². The molecule has 0 amide bonds. The molecule has 11 heteroatoms. The molecule has 1 aromatic carbocycles. The fourth-order valence-corrected chi connectivity index (χ4v) is 20.7. The molecule has 0 saturated heterocycles. The number of unbranched alkanes of at least 4 members (excludes halogenated alkanes) is 32.